The van der Waals surface area contributed by atoms with Crippen molar-refractivity contribution in [3.63, 3.8) is 0 Å². The van der Waals surface area contributed by atoms with Crippen LogP contribution in [-0.2, 0) is 0 Å². The second-order valence-corrected chi connectivity index (χ2v) is 5.62. The van der Waals surface area contributed by atoms with Gasteiger partial charge in [0.05, 0.1) is 11.9 Å². The van der Waals surface area contributed by atoms with E-state index >= 15 is 0 Å². The molecule has 0 saturated heterocycles. The Bertz CT molecular complexity index is 829. The van der Waals surface area contributed by atoms with Crippen LogP contribution in [0.3, 0.4) is 0 Å². The van der Waals surface area contributed by atoms with Crippen molar-refractivity contribution in [3.8, 4) is 0 Å². The molecule has 1 N–H and O–H groups in total. The van der Waals surface area contributed by atoms with Crippen LogP contribution < -0.4 is 10.2 Å². The van der Waals surface area contributed by atoms with Crippen LogP contribution in [0, 0.1) is 6.92 Å². The highest BCUT2D eigenvalue weighted by Crippen LogP contribution is 2.22. The molecule has 1 aromatic heterocycles. The molecule has 24 heavy (non-hydrogen) atoms. The van der Waals surface area contributed by atoms with E-state index in [0.717, 1.165) is 17.1 Å². The van der Waals surface area contributed by atoms with E-state index in [1.165, 1.54) is 0 Å². The molecule has 1 heterocycles. The fourth-order valence-electron chi connectivity index (χ4n) is 2.43. The van der Waals surface area contributed by atoms with E-state index in [2.05, 4.69) is 10.3 Å². The van der Waals surface area contributed by atoms with Crippen LogP contribution in [0.25, 0.3) is 0 Å². The second-order valence-electron chi connectivity index (χ2n) is 5.62. The molecule has 2 aromatic carbocycles. The van der Waals surface area contributed by atoms with Gasteiger partial charge >= 0.3 is 0 Å². The van der Waals surface area contributed by atoms with Crippen molar-refractivity contribution in [2.75, 3.05) is 17.3 Å². The van der Waals surface area contributed by atoms with Crippen LogP contribution in [0.2, 0.25) is 0 Å². The molecule has 0 atom stereocenters. The third-order valence-corrected chi connectivity index (χ3v) is 3.77. The Balaban J connectivity index is 1.72. The Morgan fingerprint density at radius 3 is 2.46 bits per heavy atom. The van der Waals surface area contributed by atoms with Gasteiger partial charge in [0.1, 0.15) is 5.82 Å². The molecule has 0 unspecified atom stereocenters. The van der Waals surface area contributed by atoms with Crippen LogP contribution >= 0.6 is 0 Å². The van der Waals surface area contributed by atoms with Gasteiger partial charge in [0.15, 0.2) is 0 Å². The molecule has 4 heteroatoms. The molecule has 0 fully saturated rings. The smallest absolute Gasteiger partial charge is 0.255 e. The van der Waals surface area contributed by atoms with Crippen LogP contribution in [0.15, 0.2) is 72.9 Å². The minimum absolute atomic E-state index is 0.135. The van der Waals surface area contributed by atoms with E-state index in [-0.39, 0.29) is 5.91 Å². The fraction of sp³-hybridized carbons (Fsp3) is 0.100. The summed E-state index contributed by atoms with van der Waals surface area (Å²) in [6.45, 7) is 1.96. The number of aromatic nitrogens is 1. The minimum Gasteiger partial charge on any atom is -0.329 e. The van der Waals surface area contributed by atoms with Gasteiger partial charge in [0, 0.05) is 18.3 Å². The average Bonchev–Trinajstić information content (AvgIpc) is 2.62. The Kier molecular flexibility index (Phi) is 4.57. The number of benzene rings is 2. The van der Waals surface area contributed by atoms with E-state index < -0.39 is 0 Å². The Morgan fingerprint density at radius 2 is 1.79 bits per heavy atom. The standard InChI is InChI=1S/C20H19N3O/c1-15-7-6-8-16(13-15)20(24)22-17-11-12-19(21-14-17)23(2)18-9-4-3-5-10-18/h3-14H,1-2H3,(H,22,24). The monoisotopic (exact) mass is 317 g/mol. The van der Waals surface area contributed by atoms with E-state index in [0.29, 0.717) is 11.3 Å². The number of para-hydroxylation sites is 1. The van der Waals surface area contributed by atoms with Gasteiger partial charge in [0.2, 0.25) is 0 Å². The van der Waals surface area contributed by atoms with Gasteiger partial charge in [-0.05, 0) is 43.3 Å². The molecule has 0 bridgehead atoms. The van der Waals surface area contributed by atoms with Crippen molar-refractivity contribution < 1.29 is 4.79 Å². The molecule has 0 radical (unpaired) electrons. The van der Waals surface area contributed by atoms with Crippen molar-refractivity contribution in [1.82, 2.24) is 4.98 Å². The summed E-state index contributed by atoms with van der Waals surface area (Å²) in [4.78, 5) is 18.7. The summed E-state index contributed by atoms with van der Waals surface area (Å²) >= 11 is 0. The molecule has 1 amide bonds. The molecule has 3 rings (SSSR count). The number of amides is 1. The van der Waals surface area contributed by atoms with Crippen molar-refractivity contribution in [2.45, 2.75) is 6.92 Å². The zero-order chi connectivity index (χ0) is 16.9. The molecule has 0 spiro atoms. The third-order valence-electron chi connectivity index (χ3n) is 3.77. The molecule has 0 saturated carbocycles. The quantitative estimate of drug-likeness (QED) is 0.775. The lowest BCUT2D eigenvalue weighted by Crippen LogP contribution is -2.14. The third kappa shape index (κ3) is 3.60. The number of nitrogens with one attached hydrogen (secondary N) is 1. The van der Waals surface area contributed by atoms with Crippen molar-refractivity contribution >= 4 is 23.1 Å². The second kappa shape index (κ2) is 6.96. The topological polar surface area (TPSA) is 45.2 Å². The zero-order valence-electron chi connectivity index (χ0n) is 13.7. The highest BCUT2D eigenvalue weighted by Gasteiger charge is 2.08. The summed E-state index contributed by atoms with van der Waals surface area (Å²) in [6, 6.07) is 21.2. The Morgan fingerprint density at radius 1 is 1.00 bits per heavy atom. The first-order valence-electron chi connectivity index (χ1n) is 7.76. The minimum atomic E-state index is -0.135. The average molecular weight is 317 g/mol. The normalized spacial score (nSPS) is 10.2. The predicted molar refractivity (Wildman–Crippen MR) is 97.9 cm³/mol. The van der Waals surface area contributed by atoms with Gasteiger partial charge in [-0.1, -0.05) is 35.9 Å². The van der Waals surface area contributed by atoms with Gasteiger partial charge in [-0.25, -0.2) is 4.98 Å². The fourth-order valence-corrected chi connectivity index (χ4v) is 2.43. The molecule has 3 aromatic rings. The number of aryl methyl sites for hydroxylation is 1. The number of carbonyl (C=O) groups is 1. The molecule has 0 aliphatic rings. The van der Waals surface area contributed by atoms with E-state index in [4.69, 9.17) is 0 Å². The highest BCUT2D eigenvalue weighted by atomic mass is 16.1. The van der Waals surface area contributed by atoms with Gasteiger partial charge in [0.25, 0.3) is 5.91 Å². The number of rotatable bonds is 4. The number of anilines is 3. The SMILES string of the molecule is Cc1cccc(C(=O)Nc2ccc(N(C)c3ccccc3)nc2)c1. The van der Waals surface area contributed by atoms with Gasteiger partial charge in [-0.2, -0.15) is 0 Å². The highest BCUT2D eigenvalue weighted by molar-refractivity contribution is 6.04. The summed E-state index contributed by atoms with van der Waals surface area (Å²) in [5.74, 6) is 0.680. The molecule has 0 aliphatic carbocycles. The zero-order valence-corrected chi connectivity index (χ0v) is 13.7. The number of hydrogen-bond donors (Lipinski definition) is 1. The molecule has 120 valence electrons. The first-order chi connectivity index (χ1) is 11.6. The maximum atomic E-state index is 12.3. The van der Waals surface area contributed by atoms with Crippen LogP contribution in [0.1, 0.15) is 15.9 Å². The summed E-state index contributed by atoms with van der Waals surface area (Å²) in [6.07, 6.45) is 1.67. The Labute approximate surface area is 141 Å². The van der Waals surface area contributed by atoms with Gasteiger partial charge < -0.3 is 10.2 Å². The van der Waals surface area contributed by atoms with E-state index in [9.17, 15) is 4.79 Å². The lowest BCUT2D eigenvalue weighted by atomic mass is 10.1. The number of hydrogen-bond acceptors (Lipinski definition) is 3. The predicted octanol–water partition coefficient (Wildman–Crippen LogP) is 4.41. The van der Waals surface area contributed by atoms with Gasteiger partial charge in [-0.3, -0.25) is 4.79 Å². The molecule has 0 aliphatic heterocycles. The van der Waals surface area contributed by atoms with Crippen LogP contribution in [0.5, 0.6) is 0 Å². The summed E-state index contributed by atoms with van der Waals surface area (Å²) < 4.78 is 0. The van der Waals surface area contributed by atoms with E-state index in [1.807, 2.05) is 79.5 Å². The maximum Gasteiger partial charge on any atom is 0.255 e. The molecular formula is C20H19N3O. The number of pyridine rings is 1. The number of carbonyl (C=O) groups excluding carboxylic acids is 1. The Hall–Kier alpha value is -3.14. The first kappa shape index (κ1) is 15.7. The number of nitrogens with zero attached hydrogens (tertiary/aromatic N) is 2. The van der Waals surface area contributed by atoms with Crippen molar-refractivity contribution in [1.29, 1.82) is 0 Å². The van der Waals surface area contributed by atoms with Crippen molar-refractivity contribution in [3.05, 3.63) is 84.1 Å². The summed E-state index contributed by atoms with van der Waals surface area (Å²) in [7, 11) is 1.96. The summed E-state index contributed by atoms with van der Waals surface area (Å²) in [5, 5.41) is 2.87. The van der Waals surface area contributed by atoms with Crippen molar-refractivity contribution in [2.24, 2.45) is 0 Å². The maximum absolute atomic E-state index is 12.3. The van der Waals surface area contributed by atoms with Crippen LogP contribution in [-0.4, -0.2) is 17.9 Å². The lowest BCUT2D eigenvalue weighted by molar-refractivity contribution is 0.102. The van der Waals surface area contributed by atoms with Gasteiger partial charge in [-0.15, -0.1) is 0 Å². The largest absolute Gasteiger partial charge is 0.329 e. The lowest BCUT2D eigenvalue weighted by Gasteiger charge is -2.18. The summed E-state index contributed by atoms with van der Waals surface area (Å²) in [5.41, 5.74) is 3.43. The first-order valence-corrected chi connectivity index (χ1v) is 7.76. The molecule has 4 nitrogen and oxygen atoms in total. The molecular weight excluding hydrogens is 298 g/mol. The van der Waals surface area contributed by atoms with E-state index in [1.54, 1.807) is 12.3 Å². The van der Waals surface area contributed by atoms with Crippen LogP contribution in [0.4, 0.5) is 17.2 Å².